The number of hydrogen-bond acceptors (Lipinski definition) is 5. The molecule has 140 valence electrons. The minimum absolute atomic E-state index is 0.0224. The van der Waals surface area contributed by atoms with E-state index < -0.39 is 5.41 Å². The lowest BCUT2D eigenvalue weighted by Gasteiger charge is -2.36. The smallest absolute Gasteiger partial charge is 0.228 e. The monoisotopic (exact) mass is 350 g/mol. The van der Waals surface area contributed by atoms with Gasteiger partial charge in [0.1, 0.15) is 0 Å². The summed E-state index contributed by atoms with van der Waals surface area (Å²) in [6, 6.07) is 5.87. The zero-order valence-electron chi connectivity index (χ0n) is 15.7. The number of carbonyl (C=O) groups is 1. The Balaban J connectivity index is 2.01. The molecule has 0 spiro atoms. The Morgan fingerprint density at radius 2 is 1.88 bits per heavy atom. The van der Waals surface area contributed by atoms with Crippen LogP contribution < -0.4 is 20.1 Å². The van der Waals surface area contributed by atoms with Crippen LogP contribution in [0.1, 0.15) is 25.3 Å². The largest absolute Gasteiger partial charge is 0.493 e. The highest BCUT2D eigenvalue weighted by Gasteiger charge is 2.40. The maximum absolute atomic E-state index is 12.9. The summed E-state index contributed by atoms with van der Waals surface area (Å²) >= 11 is 0. The molecule has 6 heteroatoms. The summed E-state index contributed by atoms with van der Waals surface area (Å²) in [7, 11) is 4.90. The van der Waals surface area contributed by atoms with Crippen LogP contribution in [0.5, 0.6) is 11.5 Å². The predicted molar refractivity (Wildman–Crippen MR) is 97.3 cm³/mol. The molecule has 2 rings (SSSR count). The summed E-state index contributed by atoms with van der Waals surface area (Å²) in [6.07, 6.45) is 2.33. The molecule has 2 N–H and O–H groups in total. The van der Waals surface area contributed by atoms with Crippen LogP contribution in [0.4, 0.5) is 0 Å². The van der Waals surface area contributed by atoms with E-state index in [1.54, 1.807) is 21.3 Å². The molecule has 1 aromatic rings. The van der Waals surface area contributed by atoms with Gasteiger partial charge in [-0.15, -0.1) is 0 Å². The molecule has 0 radical (unpaired) electrons. The molecule has 1 fully saturated rings. The van der Waals surface area contributed by atoms with Crippen LogP contribution in [0.3, 0.4) is 0 Å². The second kappa shape index (κ2) is 9.06. The molecule has 1 heterocycles. The van der Waals surface area contributed by atoms with Crippen LogP contribution in [0, 0.1) is 5.41 Å². The van der Waals surface area contributed by atoms with Crippen LogP contribution in [0.15, 0.2) is 18.2 Å². The van der Waals surface area contributed by atoms with Gasteiger partial charge in [-0.3, -0.25) is 4.79 Å². The highest BCUT2D eigenvalue weighted by Crippen LogP contribution is 2.30. The summed E-state index contributed by atoms with van der Waals surface area (Å²) in [5, 5.41) is 6.48. The van der Waals surface area contributed by atoms with E-state index in [1.165, 1.54) is 0 Å². The second-order valence-corrected chi connectivity index (χ2v) is 6.73. The molecule has 1 aromatic carbocycles. The van der Waals surface area contributed by atoms with Gasteiger partial charge in [0.25, 0.3) is 0 Å². The number of methoxy groups -OCH3 is 3. The van der Waals surface area contributed by atoms with Gasteiger partial charge in [0, 0.05) is 13.2 Å². The van der Waals surface area contributed by atoms with Crippen LogP contribution >= 0.6 is 0 Å². The molecule has 1 aliphatic heterocycles. The molecule has 6 nitrogen and oxygen atoms in total. The van der Waals surface area contributed by atoms with Crippen molar-refractivity contribution in [3.05, 3.63) is 23.8 Å². The van der Waals surface area contributed by atoms with Gasteiger partial charge in [-0.25, -0.2) is 0 Å². The van der Waals surface area contributed by atoms with Crippen molar-refractivity contribution in [2.24, 2.45) is 5.41 Å². The van der Waals surface area contributed by atoms with Crippen LogP contribution in [-0.4, -0.2) is 53.0 Å². The normalized spacial score (nSPS) is 17.6. The van der Waals surface area contributed by atoms with Gasteiger partial charge in [-0.1, -0.05) is 6.07 Å². The van der Waals surface area contributed by atoms with E-state index in [9.17, 15) is 4.79 Å². The van der Waals surface area contributed by atoms with E-state index in [0.29, 0.717) is 18.1 Å². The molecule has 1 saturated heterocycles. The minimum Gasteiger partial charge on any atom is -0.493 e. The quantitative estimate of drug-likeness (QED) is 0.748. The molecule has 0 aromatic heterocycles. The zero-order chi connectivity index (χ0) is 18.3. The molecule has 0 bridgehead atoms. The van der Waals surface area contributed by atoms with Gasteiger partial charge in [0.05, 0.1) is 26.2 Å². The molecule has 1 amide bonds. The van der Waals surface area contributed by atoms with E-state index >= 15 is 0 Å². The van der Waals surface area contributed by atoms with E-state index in [2.05, 4.69) is 10.6 Å². The number of nitrogens with one attached hydrogen (secondary N) is 2. The highest BCUT2D eigenvalue weighted by atomic mass is 16.5. The fourth-order valence-corrected chi connectivity index (χ4v) is 3.41. The van der Waals surface area contributed by atoms with Crippen LogP contribution in [0.25, 0.3) is 0 Å². The van der Waals surface area contributed by atoms with Crippen LogP contribution in [-0.2, 0) is 16.0 Å². The first-order valence-electron chi connectivity index (χ1n) is 8.76. The Hall–Kier alpha value is -1.79. The molecule has 25 heavy (non-hydrogen) atoms. The van der Waals surface area contributed by atoms with Crippen molar-refractivity contribution in [2.45, 2.75) is 32.2 Å². The average molecular weight is 350 g/mol. The van der Waals surface area contributed by atoms with Crippen molar-refractivity contribution in [1.29, 1.82) is 0 Å². The molecule has 1 aliphatic rings. The number of rotatable bonds is 8. The van der Waals surface area contributed by atoms with Gasteiger partial charge >= 0.3 is 0 Å². The van der Waals surface area contributed by atoms with Crippen molar-refractivity contribution in [1.82, 2.24) is 10.6 Å². The highest BCUT2D eigenvalue weighted by molar-refractivity contribution is 5.83. The fraction of sp³-hybridized carbons (Fsp3) is 0.632. The lowest BCUT2D eigenvalue weighted by Crippen LogP contribution is -2.52. The number of piperidine rings is 1. The molecular formula is C19H30N2O4. The summed E-state index contributed by atoms with van der Waals surface area (Å²) in [5.41, 5.74) is 0.669. The lowest BCUT2D eigenvalue weighted by molar-refractivity contribution is -0.136. The summed E-state index contributed by atoms with van der Waals surface area (Å²) in [4.78, 5) is 12.9. The Kier molecular flexibility index (Phi) is 7.08. The van der Waals surface area contributed by atoms with Gasteiger partial charge in [0.15, 0.2) is 11.5 Å². The number of carbonyl (C=O) groups excluding carboxylic acids is 1. The van der Waals surface area contributed by atoms with Gasteiger partial charge in [0.2, 0.25) is 5.91 Å². The van der Waals surface area contributed by atoms with Crippen molar-refractivity contribution in [2.75, 3.05) is 41.0 Å². The standard InChI is InChI=1S/C19H30N2O4/c1-14(11-15-5-6-16(24-3)17(12-15)25-4)21-18(22)19(13-23-2)7-9-20-10-8-19/h5-6,12,14,20H,7-11,13H2,1-4H3,(H,21,22). The van der Waals surface area contributed by atoms with E-state index in [4.69, 9.17) is 14.2 Å². The first-order valence-corrected chi connectivity index (χ1v) is 8.76. The molecular weight excluding hydrogens is 320 g/mol. The van der Waals surface area contributed by atoms with Crippen LogP contribution in [0.2, 0.25) is 0 Å². The molecule has 1 atom stereocenters. The predicted octanol–water partition coefficient (Wildman–Crippen LogP) is 1.77. The van der Waals surface area contributed by atoms with E-state index in [-0.39, 0.29) is 11.9 Å². The number of amides is 1. The fourth-order valence-electron chi connectivity index (χ4n) is 3.41. The minimum atomic E-state index is -0.425. The van der Waals surface area contributed by atoms with Crippen molar-refractivity contribution in [3.8, 4) is 11.5 Å². The lowest BCUT2D eigenvalue weighted by atomic mass is 9.78. The number of hydrogen-bond donors (Lipinski definition) is 2. The first kappa shape index (κ1) is 19.5. The van der Waals surface area contributed by atoms with Crippen molar-refractivity contribution < 1.29 is 19.0 Å². The maximum Gasteiger partial charge on any atom is 0.228 e. The Labute approximate surface area is 150 Å². The first-order chi connectivity index (χ1) is 12.0. The maximum atomic E-state index is 12.9. The Morgan fingerprint density at radius 1 is 1.20 bits per heavy atom. The number of benzene rings is 1. The van der Waals surface area contributed by atoms with E-state index in [1.807, 2.05) is 25.1 Å². The summed E-state index contributed by atoms with van der Waals surface area (Å²) < 4.78 is 16.0. The SMILES string of the molecule is COCC1(C(=O)NC(C)Cc2ccc(OC)c(OC)c2)CCNCC1. The van der Waals surface area contributed by atoms with Crippen molar-refractivity contribution in [3.63, 3.8) is 0 Å². The zero-order valence-corrected chi connectivity index (χ0v) is 15.7. The van der Waals surface area contributed by atoms with Gasteiger partial charge in [-0.2, -0.15) is 0 Å². The summed E-state index contributed by atoms with van der Waals surface area (Å²) in [6.45, 7) is 4.18. The summed E-state index contributed by atoms with van der Waals surface area (Å²) in [5.74, 6) is 1.49. The topological polar surface area (TPSA) is 68.8 Å². The van der Waals surface area contributed by atoms with E-state index in [0.717, 1.165) is 37.9 Å². The van der Waals surface area contributed by atoms with Gasteiger partial charge in [-0.05, 0) is 57.0 Å². The van der Waals surface area contributed by atoms with Crippen molar-refractivity contribution >= 4 is 5.91 Å². The third-order valence-corrected chi connectivity index (χ3v) is 4.83. The Morgan fingerprint density at radius 3 is 2.48 bits per heavy atom. The third kappa shape index (κ3) is 4.86. The van der Waals surface area contributed by atoms with Gasteiger partial charge < -0.3 is 24.8 Å². The average Bonchev–Trinajstić information content (AvgIpc) is 2.62. The molecule has 0 aliphatic carbocycles. The second-order valence-electron chi connectivity index (χ2n) is 6.73. The number of ether oxygens (including phenoxy) is 3. The Bertz CT molecular complexity index is 565. The molecule has 1 unspecified atom stereocenters. The third-order valence-electron chi connectivity index (χ3n) is 4.83. The molecule has 0 saturated carbocycles.